The average molecular weight is 462 g/mol. The summed E-state index contributed by atoms with van der Waals surface area (Å²) in [5, 5.41) is 0.687. The highest BCUT2D eigenvalue weighted by Gasteiger charge is 2.24. The number of aliphatic imine (C=N–C) groups is 1. The second kappa shape index (κ2) is 10.8. The number of esters is 1. The first kappa shape index (κ1) is 22.6. The molecule has 3 aromatic rings. The molecule has 0 saturated heterocycles. The number of carbonyl (C=O) groups is 1. The summed E-state index contributed by atoms with van der Waals surface area (Å²) in [6.07, 6.45) is 3.78. The zero-order chi connectivity index (χ0) is 23.0. The number of nitrogens with zero attached hydrogens (tertiary/aromatic N) is 1. The first-order valence-corrected chi connectivity index (χ1v) is 11.2. The van der Waals surface area contributed by atoms with Crippen LogP contribution in [-0.4, -0.2) is 18.5 Å². The van der Waals surface area contributed by atoms with Gasteiger partial charge in [0.05, 0.1) is 6.61 Å². The van der Waals surface area contributed by atoms with Crippen LogP contribution in [0.4, 0.5) is 0 Å². The molecule has 0 spiro atoms. The maximum atomic E-state index is 12.4. The highest BCUT2D eigenvalue weighted by molar-refractivity contribution is 6.30. The molecule has 0 unspecified atom stereocenters. The standard InChI is InChI=1S/C27H24ClNO4/c1-2-3-15-31-23-13-9-21(10-14-23)26-29-25(27(30)33-26)17-20-5-4-6-24(16-20)32-18-19-7-11-22(28)12-8-19/h4-14,16-17H,2-3,15,18H2,1H3/b25-17+. The van der Waals surface area contributed by atoms with Gasteiger partial charge in [-0.3, -0.25) is 0 Å². The highest BCUT2D eigenvalue weighted by Crippen LogP contribution is 2.23. The van der Waals surface area contributed by atoms with Crippen LogP contribution < -0.4 is 9.47 Å². The second-order valence-corrected chi connectivity index (χ2v) is 7.99. The molecule has 0 bridgehead atoms. The summed E-state index contributed by atoms with van der Waals surface area (Å²) < 4.78 is 16.9. The Labute approximate surface area is 198 Å². The van der Waals surface area contributed by atoms with Gasteiger partial charge in [-0.2, -0.15) is 0 Å². The molecule has 4 rings (SSSR count). The van der Waals surface area contributed by atoms with Crippen molar-refractivity contribution in [2.24, 2.45) is 4.99 Å². The normalized spacial score (nSPS) is 14.2. The van der Waals surface area contributed by atoms with E-state index in [0.717, 1.165) is 35.3 Å². The number of hydrogen-bond acceptors (Lipinski definition) is 5. The number of ether oxygens (including phenoxy) is 3. The van der Waals surface area contributed by atoms with Crippen LogP contribution in [0.25, 0.3) is 6.08 Å². The Balaban J connectivity index is 1.43. The maximum absolute atomic E-state index is 12.4. The molecule has 1 aliphatic heterocycles. The average Bonchev–Trinajstić information content (AvgIpc) is 3.19. The van der Waals surface area contributed by atoms with Crippen molar-refractivity contribution in [3.8, 4) is 11.5 Å². The Hall–Kier alpha value is -3.57. The minimum Gasteiger partial charge on any atom is -0.494 e. The lowest BCUT2D eigenvalue weighted by Crippen LogP contribution is -2.05. The van der Waals surface area contributed by atoms with Crippen LogP contribution in [-0.2, 0) is 16.1 Å². The summed E-state index contributed by atoms with van der Waals surface area (Å²) in [6, 6.07) is 22.3. The van der Waals surface area contributed by atoms with E-state index in [0.29, 0.717) is 24.0 Å². The molecule has 6 heteroatoms. The fourth-order valence-corrected chi connectivity index (χ4v) is 3.29. The van der Waals surface area contributed by atoms with Crippen LogP contribution in [0.2, 0.25) is 5.02 Å². The van der Waals surface area contributed by atoms with Crippen molar-refractivity contribution < 1.29 is 19.0 Å². The Morgan fingerprint density at radius 2 is 1.76 bits per heavy atom. The van der Waals surface area contributed by atoms with Crippen LogP contribution in [0.5, 0.6) is 11.5 Å². The van der Waals surface area contributed by atoms with Crippen molar-refractivity contribution in [3.05, 3.63) is 100 Å². The van der Waals surface area contributed by atoms with E-state index in [1.54, 1.807) is 6.08 Å². The monoisotopic (exact) mass is 461 g/mol. The third-order valence-electron chi connectivity index (χ3n) is 4.97. The van der Waals surface area contributed by atoms with E-state index >= 15 is 0 Å². The summed E-state index contributed by atoms with van der Waals surface area (Å²) >= 11 is 5.92. The van der Waals surface area contributed by atoms with E-state index in [4.69, 9.17) is 25.8 Å². The second-order valence-electron chi connectivity index (χ2n) is 7.55. The third kappa shape index (κ3) is 6.24. The number of rotatable bonds is 9. The van der Waals surface area contributed by atoms with Crippen LogP contribution >= 0.6 is 11.6 Å². The fourth-order valence-electron chi connectivity index (χ4n) is 3.16. The molecule has 168 valence electrons. The van der Waals surface area contributed by atoms with E-state index in [1.165, 1.54) is 0 Å². The molecule has 3 aromatic carbocycles. The van der Waals surface area contributed by atoms with E-state index in [-0.39, 0.29) is 11.6 Å². The molecule has 1 aliphatic rings. The SMILES string of the molecule is CCCCOc1ccc(C2=N/C(=C/c3cccc(OCc4ccc(Cl)cc4)c3)C(=O)O2)cc1. The van der Waals surface area contributed by atoms with Gasteiger partial charge in [-0.1, -0.05) is 49.2 Å². The maximum Gasteiger partial charge on any atom is 0.363 e. The molecule has 0 fully saturated rings. The largest absolute Gasteiger partial charge is 0.494 e. The first-order valence-electron chi connectivity index (χ1n) is 10.8. The van der Waals surface area contributed by atoms with Gasteiger partial charge in [0.2, 0.25) is 5.90 Å². The summed E-state index contributed by atoms with van der Waals surface area (Å²) in [6.45, 7) is 3.22. The van der Waals surface area contributed by atoms with Gasteiger partial charge < -0.3 is 14.2 Å². The van der Waals surface area contributed by atoms with Crippen molar-refractivity contribution in [1.29, 1.82) is 0 Å². The van der Waals surface area contributed by atoms with Crippen LogP contribution in [0.15, 0.2) is 83.5 Å². The van der Waals surface area contributed by atoms with Gasteiger partial charge in [-0.05, 0) is 72.2 Å². The van der Waals surface area contributed by atoms with Crippen LogP contribution in [0, 0.1) is 0 Å². The van der Waals surface area contributed by atoms with Crippen molar-refractivity contribution >= 4 is 29.5 Å². The molecule has 5 nitrogen and oxygen atoms in total. The lowest BCUT2D eigenvalue weighted by atomic mass is 10.2. The molecular formula is C27H24ClNO4. The van der Waals surface area contributed by atoms with E-state index in [9.17, 15) is 4.79 Å². The minimum atomic E-state index is -0.485. The fraction of sp³-hybridized carbons (Fsp3) is 0.185. The lowest BCUT2D eigenvalue weighted by Gasteiger charge is -2.07. The highest BCUT2D eigenvalue weighted by atomic mass is 35.5. The molecule has 0 radical (unpaired) electrons. The summed E-state index contributed by atoms with van der Waals surface area (Å²) in [4.78, 5) is 16.7. The van der Waals surface area contributed by atoms with Crippen LogP contribution in [0.3, 0.4) is 0 Å². The Morgan fingerprint density at radius 1 is 0.970 bits per heavy atom. The van der Waals surface area contributed by atoms with Crippen LogP contribution in [0.1, 0.15) is 36.5 Å². The van der Waals surface area contributed by atoms with Gasteiger partial charge in [0.15, 0.2) is 5.70 Å². The Morgan fingerprint density at radius 3 is 2.52 bits per heavy atom. The molecule has 0 N–H and O–H groups in total. The van der Waals surface area contributed by atoms with Crippen molar-refractivity contribution in [3.63, 3.8) is 0 Å². The van der Waals surface area contributed by atoms with Crippen molar-refractivity contribution in [2.75, 3.05) is 6.61 Å². The van der Waals surface area contributed by atoms with Gasteiger partial charge >= 0.3 is 5.97 Å². The number of unbranched alkanes of at least 4 members (excludes halogenated alkanes) is 1. The lowest BCUT2D eigenvalue weighted by molar-refractivity contribution is -0.129. The smallest absolute Gasteiger partial charge is 0.363 e. The van der Waals surface area contributed by atoms with Gasteiger partial charge in [0, 0.05) is 10.6 Å². The summed E-state index contributed by atoms with van der Waals surface area (Å²) in [5.41, 5.74) is 2.76. The molecule has 1 heterocycles. The zero-order valence-electron chi connectivity index (χ0n) is 18.3. The minimum absolute atomic E-state index is 0.239. The predicted octanol–water partition coefficient (Wildman–Crippen LogP) is 6.44. The number of halogens is 1. The number of carbonyl (C=O) groups excluding carboxylic acids is 1. The molecule has 33 heavy (non-hydrogen) atoms. The van der Waals surface area contributed by atoms with E-state index in [1.807, 2.05) is 72.8 Å². The van der Waals surface area contributed by atoms with Crippen molar-refractivity contribution in [1.82, 2.24) is 0 Å². The number of cyclic esters (lactones) is 1. The van der Waals surface area contributed by atoms with Gasteiger partial charge in [0.1, 0.15) is 18.1 Å². The van der Waals surface area contributed by atoms with Crippen molar-refractivity contribution in [2.45, 2.75) is 26.4 Å². The molecule has 0 aliphatic carbocycles. The Kier molecular flexibility index (Phi) is 7.43. The van der Waals surface area contributed by atoms with Gasteiger partial charge in [0.25, 0.3) is 0 Å². The third-order valence-corrected chi connectivity index (χ3v) is 5.22. The molecule has 0 aromatic heterocycles. The predicted molar refractivity (Wildman–Crippen MR) is 130 cm³/mol. The quantitative estimate of drug-likeness (QED) is 0.209. The van der Waals surface area contributed by atoms with E-state index < -0.39 is 5.97 Å². The Bertz CT molecular complexity index is 1170. The number of benzene rings is 3. The van der Waals surface area contributed by atoms with Gasteiger partial charge in [-0.25, -0.2) is 9.79 Å². The van der Waals surface area contributed by atoms with E-state index in [2.05, 4.69) is 11.9 Å². The first-order chi connectivity index (χ1) is 16.1. The number of hydrogen-bond donors (Lipinski definition) is 0. The molecule has 0 amide bonds. The summed E-state index contributed by atoms with van der Waals surface area (Å²) in [7, 11) is 0. The molecular weight excluding hydrogens is 438 g/mol. The topological polar surface area (TPSA) is 57.1 Å². The molecule has 0 saturated carbocycles. The zero-order valence-corrected chi connectivity index (χ0v) is 19.0. The molecule has 0 atom stereocenters. The van der Waals surface area contributed by atoms with Gasteiger partial charge in [-0.15, -0.1) is 0 Å². The summed E-state index contributed by atoms with van der Waals surface area (Å²) in [5.74, 6) is 1.26.